The zero-order valence-electron chi connectivity index (χ0n) is 12.7. The summed E-state index contributed by atoms with van der Waals surface area (Å²) in [6, 6.07) is 0. The van der Waals surface area contributed by atoms with E-state index in [9.17, 15) is 14.4 Å². The Morgan fingerprint density at radius 2 is 1.50 bits per heavy atom. The maximum Gasteiger partial charge on any atom is 0.319 e. The van der Waals surface area contributed by atoms with Gasteiger partial charge in [0.05, 0.1) is 23.5 Å². The van der Waals surface area contributed by atoms with Gasteiger partial charge in [-0.15, -0.1) is 0 Å². The Hall–Kier alpha value is -0.930. The van der Waals surface area contributed by atoms with E-state index in [0.717, 1.165) is 0 Å². The van der Waals surface area contributed by atoms with Crippen LogP contribution in [0.2, 0.25) is 0 Å². The summed E-state index contributed by atoms with van der Waals surface area (Å²) in [6.07, 6.45) is -0.208. The van der Waals surface area contributed by atoms with E-state index in [-0.39, 0.29) is 31.3 Å². The molecule has 22 heavy (non-hydrogen) atoms. The van der Waals surface area contributed by atoms with Crippen molar-refractivity contribution in [3.8, 4) is 0 Å². The van der Waals surface area contributed by atoms with Crippen molar-refractivity contribution in [3.63, 3.8) is 0 Å². The average Bonchev–Trinajstić information content (AvgIpc) is 2.54. The number of hydrogen-bond donors (Lipinski definition) is 3. The highest BCUT2D eigenvalue weighted by molar-refractivity contribution is 7.81. The molecular weight excluding hydrogens is 330 g/mol. The zero-order chi connectivity index (χ0) is 17.2. The summed E-state index contributed by atoms with van der Waals surface area (Å²) in [7, 11) is 0. The molecule has 0 fully saturated rings. The monoisotopic (exact) mass is 353 g/mol. The van der Waals surface area contributed by atoms with Gasteiger partial charge in [-0.1, -0.05) is 6.92 Å². The van der Waals surface area contributed by atoms with Gasteiger partial charge in [-0.05, 0) is 13.3 Å². The minimum absolute atomic E-state index is 0.0677. The molecule has 9 heteroatoms. The van der Waals surface area contributed by atoms with Crippen LogP contribution in [0, 0.1) is 5.41 Å². The van der Waals surface area contributed by atoms with E-state index < -0.39 is 29.4 Å². The van der Waals surface area contributed by atoms with E-state index in [0.29, 0.717) is 6.42 Å². The maximum absolute atomic E-state index is 11.4. The number of thiol groups is 2. The first-order chi connectivity index (χ1) is 10.3. The molecule has 0 aliphatic heterocycles. The van der Waals surface area contributed by atoms with E-state index in [1.54, 1.807) is 6.92 Å². The van der Waals surface area contributed by atoms with Crippen molar-refractivity contribution < 1.29 is 28.6 Å². The summed E-state index contributed by atoms with van der Waals surface area (Å²) in [5, 5.41) is 0. The van der Waals surface area contributed by atoms with E-state index in [1.807, 2.05) is 6.92 Å². The fourth-order valence-electron chi connectivity index (χ4n) is 1.68. The third kappa shape index (κ3) is 6.89. The summed E-state index contributed by atoms with van der Waals surface area (Å²) in [6.45, 7) is 3.05. The Kier molecular flexibility index (Phi) is 10.3. The molecule has 0 aromatic carbocycles. The zero-order valence-corrected chi connectivity index (χ0v) is 14.5. The molecule has 1 atom stereocenters. The Morgan fingerprint density at radius 1 is 1.05 bits per heavy atom. The lowest BCUT2D eigenvalue weighted by molar-refractivity contribution is -0.169. The van der Waals surface area contributed by atoms with Crippen LogP contribution in [0.15, 0.2) is 0 Å². The van der Waals surface area contributed by atoms with E-state index >= 15 is 0 Å². The highest BCUT2D eigenvalue weighted by Crippen LogP contribution is 2.30. The number of nitrogens with two attached hydrogens (primary N) is 1. The van der Waals surface area contributed by atoms with Crippen molar-refractivity contribution in [1.82, 2.24) is 0 Å². The first kappa shape index (κ1) is 21.1. The van der Waals surface area contributed by atoms with E-state index in [2.05, 4.69) is 25.3 Å². The summed E-state index contributed by atoms with van der Waals surface area (Å²) in [5.74, 6) is -1.77. The molecule has 0 bridgehead atoms. The van der Waals surface area contributed by atoms with Crippen molar-refractivity contribution in [2.45, 2.75) is 26.4 Å². The van der Waals surface area contributed by atoms with Gasteiger partial charge in [-0.3, -0.25) is 14.4 Å². The molecule has 0 aliphatic carbocycles. The predicted molar refractivity (Wildman–Crippen MR) is 87.0 cm³/mol. The molecule has 0 heterocycles. The second-order valence-corrected chi connectivity index (χ2v) is 5.32. The van der Waals surface area contributed by atoms with Gasteiger partial charge in [-0.2, -0.15) is 25.3 Å². The molecule has 2 N–H and O–H groups in total. The van der Waals surface area contributed by atoms with Crippen LogP contribution in [0.3, 0.4) is 0 Å². The third-order valence-corrected chi connectivity index (χ3v) is 3.86. The molecule has 0 aliphatic rings. The molecule has 0 amide bonds. The molecule has 128 valence electrons. The fourth-order valence-corrected chi connectivity index (χ4v) is 1.86. The quantitative estimate of drug-likeness (QED) is 0.293. The predicted octanol–water partition coefficient (Wildman–Crippen LogP) is 0.219. The number of carbonyl (C=O) groups is 3. The van der Waals surface area contributed by atoms with Crippen LogP contribution < -0.4 is 5.73 Å². The molecule has 0 saturated heterocycles. The van der Waals surface area contributed by atoms with Crippen molar-refractivity contribution in [1.29, 1.82) is 0 Å². The summed E-state index contributed by atoms with van der Waals surface area (Å²) >= 11 is 7.65. The minimum atomic E-state index is -0.859. The Labute approximate surface area is 141 Å². The molecule has 0 rings (SSSR count). The molecule has 0 spiro atoms. The first-order valence-electron chi connectivity index (χ1n) is 6.77. The van der Waals surface area contributed by atoms with Crippen molar-refractivity contribution in [3.05, 3.63) is 0 Å². The largest absolute Gasteiger partial charge is 0.464 e. The summed E-state index contributed by atoms with van der Waals surface area (Å²) in [5.41, 5.74) is 4.37. The van der Waals surface area contributed by atoms with Crippen molar-refractivity contribution in [2.24, 2.45) is 11.1 Å². The average molecular weight is 353 g/mol. The lowest BCUT2D eigenvalue weighted by Gasteiger charge is -2.36. The highest BCUT2D eigenvalue weighted by atomic mass is 32.1. The summed E-state index contributed by atoms with van der Waals surface area (Å²) in [4.78, 5) is 34.0. The van der Waals surface area contributed by atoms with Gasteiger partial charge >= 0.3 is 17.9 Å². The molecule has 0 saturated carbocycles. The SMILES string of the molecule is CCC(COC(=O)CS)(COC(=O)CS)[C@H](C)OC(=O)CN. The van der Waals surface area contributed by atoms with Crippen LogP contribution >= 0.6 is 25.3 Å². The Balaban J connectivity index is 5.07. The Bertz CT molecular complexity index is 371. The number of hydrogen-bond acceptors (Lipinski definition) is 9. The molecule has 0 aromatic heterocycles. The van der Waals surface area contributed by atoms with Crippen molar-refractivity contribution >= 4 is 43.2 Å². The van der Waals surface area contributed by atoms with Gasteiger partial charge < -0.3 is 19.9 Å². The standard InChI is InChI=1S/C13H23NO6S2/c1-3-13(7-18-11(16)5-21,8-19-12(17)6-22)9(2)20-10(15)4-14/h9,21-22H,3-8,14H2,1-2H3/t9-/m0/s1. The van der Waals surface area contributed by atoms with Crippen LogP contribution in [0.4, 0.5) is 0 Å². The topological polar surface area (TPSA) is 105 Å². The van der Waals surface area contributed by atoms with Crippen LogP contribution in [0.5, 0.6) is 0 Å². The smallest absolute Gasteiger partial charge is 0.319 e. The second kappa shape index (κ2) is 10.7. The van der Waals surface area contributed by atoms with Gasteiger partial charge in [0, 0.05) is 0 Å². The number of ether oxygens (including phenoxy) is 3. The van der Waals surface area contributed by atoms with Crippen molar-refractivity contribution in [2.75, 3.05) is 31.3 Å². The minimum Gasteiger partial charge on any atom is -0.464 e. The first-order valence-corrected chi connectivity index (χ1v) is 8.04. The molecule has 0 unspecified atom stereocenters. The van der Waals surface area contributed by atoms with Gasteiger partial charge in [-0.25, -0.2) is 0 Å². The van der Waals surface area contributed by atoms with E-state index in [1.165, 1.54) is 0 Å². The normalized spacial score (nSPS) is 12.4. The van der Waals surface area contributed by atoms with Crippen LogP contribution in [-0.4, -0.2) is 55.3 Å². The second-order valence-electron chi connectivity index (χ2n) is 4.69. The fraction of sp³-hybridized carbons (Fsp3) is 0.769. The Morgan fingerprint density at radius 3 is 1.82 bits per heavy atom. The number of esters is 3. The lowest BCUT2D eigenvalue weighted by Crippen LogP contribution is -2.45. The molecule has 0 radical (unpaired) electrons. The molecule has 0 aromatic rings. The van der Waals surface area contributed by atoms with Gasteiger partial charge in [0.15, 0.2) is 0 Å². The molecular formula is C13H23NO6S2. The summed E-state index contributed by atoms with van der Waals surface area (Å²) < 4.78 is 15.4. The number of carbonyl (C=O) groups excluding carboxylic acids is 3. The van der Waals surface area contributed by atoms with Crippen LogP contribution in [0.1, 0.15) is 20.3 Å². The van der Waals surface area contributed by atoms with E-state index in [4.69, 9.17) is 19.9 Å². The maximum atomic E-state index is 11.4. The lowest BCUT2D eigenvalue weighted by atomic mass is 9.81. The van der Waals surface area contributed by atoms with Gasteiger partial charge in [0.1, 0.15) is 19.3 Å². The van der Waals surface area contributed by atoms with Crippen LogP contribution in [0.25, 0.3) is 0 Å². The number of rotatable bonds is 10. The highest BCUT2D eigenvalue weighted by Gasteiger charge is 2.40. The molecule has 7 nitrogen and oxygen atoms in total. The van der Waals surface area contributed by atoms with Gasteiger partial charge in [0.2, 0.25) is 0 Å². The van der Waals surface area contributed by atoms with Crippen LogP contribution in [-0.2, 0) is 28.6 Å². The third-order valence-electron chi connectivity index (χ3n) is 3.34. The van der Waals surface area contributed by atoms with Gasteiger partial charge in [0.25, 0.3) is 0 Å².